The second kappa shape index (κ2) is 6.57. The van der Waals surface area contributed by atoms with Crippen LogP contribution in [-0.2, 0) is 0 Å². The van der Waals surface area contributed by atoms with Gasteiger partial charge in [0.05, 0.1) is 5.52 Å². The van der Waals surface area contributed by atoms with Gasteiger partial charge in [0.2, 0.25) is 5.95 Å². The molecule has 1 aliphatic rings. The quantitative estimate of drug-likeness (QED) is 0.815. The minimum atomic E-state index is 0.507. The highest BCUT2D eigenvalue weighted by Crippen LogP contribution is 2.24. The summed E-state index contributed by atoms with van der Waals surface area (Å²) in [7, 11) is 0. The van der Waals surface area contributed by atoms with E-state index in [4.69, 9.17) is 0 Å². The van der Waals surface area contributed by atoms with Gasteiger partial charge in [-0.15, -0.1) is 6.58 Å². The highest BCUT2D eigenvalue weighted by atomic mass is 15.2. The minimum Gasteiger partial charge on any atom is -0.366 e. The molecule has 1 heterocycles. The topological polar surface area (TPSA) is 49.8 Å². The molecule has 0 atom stereocenters. The Morgan fingerprint density at radius 1 is 1.14 bits per heavy atom. The number of benzene rings is 1. The highest BCUT2D eigenvalue weighted by molar-refractivity contribution is 5.90. The Labute approximate surface area is 125 Å². The molecule has 3 rings (SSSR count). The van der Waals surface area contributed by atoms with Crippen LogP contribution in [0, 0.1) is 0 Å². The lowest BCUT2D eigenvalue weighted by molar-refractivity contribution is 0.461. The van der Waals surface area contributed by atoms with Gasteiger partial charge in [0.25, 0.3) is 0 Å². The van der Waals surface area contributed by atoms with Crippen LogP contribution >= 0.6 is 0 Å². The molecule has 21 heavy (non-hydrogen) atoms. The van der Waals surface area contributed by atoms with Crippen molar-refractivity contribution in [3.8, 4) is 0 Å². The van der Waals surface area contributed by atoms with Gasteiger partial charge in [-0.25, -0.2) is 4.98 Å². The predicted octanol–water partition coefficient (Wildman–Crippen LogP) is 3.97. The molecule has 2 aromatic rings. The van der Waals surface area contributed by atoms with Crippen molar-refractivity contribution in [3.05, 3.63) is 36.9 Å². The molecular formula is C17H22N4. The van der Waals surface area contributed by atoms with Crippen molar-refractivity contribution < 1.29 is 0 Å². The molecule has 1 saturated carbocycles. The SMILES string of the molecule is C=CCNc1nc(NC2CCCCC2)nc2ccccc12. The predicted molar refractivity (Wildman–Crippen MR) is 88.7 cm³/mol. The fourth-order valence-electron chi connectivity index (χ4n) is 2.87. The van der Waals surface area contributed by atoms with Gasteiger partial charge in [0.15, 0.2) is 0 Å². The minimum absolute atomic E-state index is 0.507. The van der Waals surface area contributed by atoms with E-state index in [1.54, 1.807) is 0 Å². The number of rotatable bonds is 5. The number of anilines is 2. The van der Waals surface area contributed by atoms with E-state index in [0.717, 1.165) is 22.7 Å². The third-order valence-electron chi connectivity index (χ3n) is 3.96. The number of fused-ring (bicyclic) bond motifs is 1. The fraction of sp³-hybridized carbons (Fsp3) is 0.412. The van der Waals surface area contributed by atoms with E-state index in [-0.39, 0.29) is 0 Å². The van der Waals surface area contributed by atoms with E-state index < -0.39 is 0 Å². The second-order valence-corrected chi connectivity index (χ2v) is 5.56. The fourth-order valence-corrected chi connectivity index (χ4v) is 2.87. The van der Waals surface area contributed by atoms with Gasteiger partial charge >= 0.3 is 0 Å². The molecule has 0 unspecified atom stereocenters. The lowest BCUT2D eigenvalue weighted by Crippen LogP contribution is -2.23. The molecule has 0 bridgehead atoms. The number of hydrogen-bond donors (Lipinski definition) is 2. The maximum atomic E-state index is 4.65. The molecule has 4 heteroatoms. The van der Waals surface area contributed by atoms with Gasteiger partial charge in [-0.3, -0.25) is 0 Å². The normalized spacial score (nSPS) is 15.8. The van der Waals surface area contributed by atoms with Crippen LogP contribution in [0.5, 0.6) is 0 Å². The zero-order valence-electron chi connectivity index (χ0n) is 12.3. The second-order valence-electron chi connectivity index (χ2n) is 5.56. The molecule has 0 spiro atoms. The number of nitrogens with one attached hydrogen (secondary N) is 2. The summed E-state index contributed by atoms with van der Waals surface area (Å²) in [6.07, 6.45) is 8.21. The maximum Gasteiger partial charge on any atom is 0.225 e. The van der Waals surface area contributed by atoms with E-state index in [1.807, 2.05) is 30.3 Å². The Morgan fingerprint density at radius 3 is 2.76 bits per heavy atom. The van der Waals surface area contributed by atoms with Crippen molar-refractivity contribution in [2.75, 3.05) is 17.2 Å². The number of aromatic nitrogens is 2. The molecule has 1 aromatic carbocycles. The van der Waals surface area contributed by atoms with E-state index in [1.165, 1.54) is 32.1 Å². The van der Waals surface area contributed by atoms with Gasteiger partial charge in [0.1, 0.15) is 5.82 Å². The Bertz CT molecular complexity index is 617. The van der Waals surface area contributed by atoms with Gasteiger partial charge < -0.3 is 10.6 Å². The molecule has 4 nitrogen and oxygen atoms in total. The molecule has 1 fully saturated rings. The summed E-state index contributed by atoms with van der Waals surface area (Å²) >= 11 is 0. The first kappa shape index (κ1) is 13.9. The van der Waals surface area contributed by atoms with E-state index in [9.17, 15) is 0 Å². The van der Waals surface area contributed by atoms with Crippen molar-refractivity contribution in [3.63, 3.8) is 0 Å². The summed E-state index contributed by atoms with van der Waals surface area (Å²) in [5, 5.41) is 7.86. The summed E-state index contributed by atoms with van der Waals surface area (Å²) < 4.78 is 0. The molecule has 0 aliphatic heterocycles. The summed E-state index contributed by atoms with van der Waals surface area (Å²) in [4.78, 5) is 9.30. The average molecular weight is 282 g/mol. The lowest BCUT2D eigenvalue weighted by Gasteiger charge is -2.23. The van der Waals surface area contributed by atoms with Crippen LogP contribution in [0.2, 0.25) is 0 Å². The van der Waals surface area contributed by atoms with Crippen LogP contribution in [0.3, 0.4) is 0 Å². The Morgan fingerprint density at radius 2 is 1.95 bits per heavy atom. The van der Waals surface area contributed by atoms with Crippen LogP contribution in [-0.4, -0.2) is 22.6 Å². The van der Waals surface area contributed by atoms with Crippen LogP contribution < -0.4 is 10.6 Å². The summed E-state index contributed by atoms with van der Waals surface area (Å²) in [5.74, 6) is 1.60. The third-order valence-corrected chi connectivity index (χ3v) is 3.96. The summed E-state index contributed by atoms with van der Waals surface area (Å²) in [5.41, 5.74) is 0.970. The van der Waals surface area contributed by atoms with Gasteiger partial charge in [-0.1, -0.05) is 37.5 Å². The molecule has 1 aromatic heterocycles. The van der Waals surface area contributed by atoms with Crippen LogP contribution in [0.15, 0.2) is 36.9 Å². The van der Waals surface area contributed by atoms with Crippen LogP contribution in [0.1, 0.15) is 32.1 Å². The van der Waals surface area contributed by atoms with Crippen molar-refractivity contribution in [2.45, 2.75) is 38.1 Å². The number of para-hydroxylation sites is 1. The Kier molecular flexibility index (Phi) is 4.34. The first-order valence-corrected chi connectivity index (χ1v) is 7.75. The monoisotopic (exact) mass is 282 g/mol. The first-order chi connectivity index (χ1) is 10.4. The largest absolute Gasteiger partial charge is 0.366 e. The standard InChI is InChI=1S/C17H22N4/c1-2-12-18-16-14-10-6-7-11-15(14)20-17(21-16)19-13-8-4-3-5-9-13/h2,6-7,10-11,13H,1,3-5,8-9,12H2,(H2,18,19,20,21). The van der Waals surface area contributed by atoms with Crippen molar-refractivity contribution >= 4 is 22.7 Å². The molecular weight excluding hydrogens is 260 g/mol. The van der Waals surface area contributed by atoms with Gasteiger partial charge in [-0.2, -0.15) is 4.98 Å². The highest BCUT2D eigenvalue weighted by Gasteiger charge is 2.15. The molecule has 2 N–H and O–H groups in total. The summed E-state index contributed by atoms with van der Waals surface area (Å²) in [6, 6.07) is 8.61. The van der Waals surface area contributed by atoms with Crippen molar-refractivity contribution in [2.24, 2.45) is 0 Å². The lowest BCUT2D eigenvalue weighted by atomic mass is 9.96. The molecule has 1 aliphatic carbocycles. The third kappa shape index (κ3) is 3.32. The van der Waals surface area contributed by atoms with E-state index in [0.29, 0.717) is 12.6 Å². The van der Waals surface area contributed by atoms with Crippen LogP contribution in [0.25, 0.3) is 10.9 Å². The van der Waals surface area contributed by atoms with Crippen molar-refractivity contribution in [1.82, 2.24) is 9.97 Å². The molecule has 0 radical (unpaired) electrons. The number of hydrogen-bond acceptors (Lipinski definition) is 4. The molecule has 110 valence electrons. The number of nitrogens with zero attached hydrogens (tertiary/aromatic N) is 2. The zero-order valence-corrected chi connectivity index (χ0v) is 12.3. The van der Waals surface area contributed by atoms with E-state index in [2.05, 4.69) is 27.2 Å². The van der Waals surface area contributed by atoms with Crippen molar-refractivity contribution in [1.29, 1.82) is 0 Å². The maximum absolute atomic E-state index is 4.65. The Balaban J connectivity index is 1.89. The molecule has 0 amide bonds. The first-order valence-electron chi connectivity index (χ1n) is 7.75. The average Bonchev–Trinajstić information content (AvgIpc) is 2.53. The van der Waals surface area contributed by atoms with Crippen LogP contribution in [0.4, 0.5) is 11.8 Å². The molecule has 0 saturated heterocycles. The van der Waals surface area contributed by atoms with E-state index >= 15 is 0 Å². The Hall–Kier alpha value is -2.10. The smallest absolute Gasteiger partial charge is 0.225 e. The zero-order chi connectivity index (χ0) is 14.5. The summed E-state index contributed by atoms with van der Waals surface area (Å²) in [6.45, 7) is 4.45. The van der Waals surface area contributed by atoms with Gasteiger partial charge in [-0.05, 0) is 25.0 Å². The van der Waals surface area contributed by atoms with Gasteiger partial charge in [0, 0.05) is 18.0 Å².